The van der Waals surface area contributed by atoms with Gasteiger partial charge in [-0.3, -0.25) is 0 Å². The normalized spacial score (nSPS) is 22.5. The molecule has 2 N–H and O–H groups in total. The number of aliphatic imine (C=N–C) groups is 1. The van der Waals surface area contributed by atoms with Gasteiger partial charge in [0.05, 0.1) is 0 Å². The third-order valence-corrected chi connectivity index (χ3v) is 1.86. The van der Waals surface area contributed by atoms with E-state index in [1.807, 2.05) is 0 Å². The Labute approximate surface area is 69.3 Å². The molecule has 2 rings (SSSR count). The van der Waals surface area contributed by atoms with E-state index in [0.717, 1.165) is 12.2 Å². The molecule has 0 amide bonds. The Morgan fingerprint density at radius 1 is 1.45 bits per heavy atom. The molecule has 1 fully saturated rings. The summed E-state index contributed by atoms with van der Waals surface area (Å²) in [4.78, 5) is 4.08. The second kappa shape index (κ2) is 2.62. The molecule has 1 saturated heterocycles. The lowest BCUT2D eigenvalue weighted by atomic mass is 10.3. The Bertz CT molecular complexity index is 236. The van der Waals surface area contributed by atoms with Crippen molar-refractivity contribution in [2.45, 2.75) is 0 Å². The SMILES string of the molecule is ClC1=C2NCCOC2=NCN1. The van der Waals surface area contributed by atoms with Gasteiger partial charge in [-0.1, -0.05) is 11.6 Å². The van der Waals surface area contributed by atoms with E-state index in [-0.39, 0.29) is 0 Å². The number of hydrogen-bond acceptors (Lipinski definition) is 4. The number of nitrogens with one attached hydrogen (secondary N) is 2. The first-order valence-corrected chi connectivity index (χ1v) is 3.81. The lowest BCUT2D eigenvalue weighted by Gasteiger charge is -2.24. The monoisotopic (exact) mass is 173 g/mol. The largest absolute Gasteiger partial charge is 0.474 e. The summed E-state index contributed by atoms with van der Waals surface area (Å²) in [7, 11) is 0. The maximum atomic E-state index is 5.84. The molecule has 2 aliphatic rings. The first-order chi connectivity index (χ1) is 5.38. The second-order valence-corrected chi connectivity index (χ2v) is 2.64. The molecular formula is C6H8ClN3O. The predicted molar refractivity (Wildman–Crippen MR) is 42.3 cm³/mol. The van der Waals surface area contributed by atoms with Gasteiger partial charge in [0.25, 0.3) is 0 Å². The summed E-state index contributed by atoms with van der Waals surface area (Å²) >= 11 is 5.84. The average Bonchev–Trinajstić information content (AvgIpc) is 2.06. The Morgan fingerprint density at radius 3 is 3.18 bits per heavy atom. The Hall–Kier alpha value is -0.900. The summed E-state index contributed by atoms with van der Waals surface area (Å²) in [5.41, 5.74) is 0.782. The van der Waals surface area contributed by atoms with Gasteiger partial charge in [-0.25, -0.2) is 4.99 Å². The summed E-state index contributed by atoms with van der Waals surface area (Å²) in [6, 6.07) is 0. The van der Waals surface area contributed by atoms with Crippen LogP contribution in [0.15, 0.2) is 15.8 Å². The van der Waals surface area contributed by atoms with E-state index >= 15 is 0 Å². The van der Waals surface area contributed by atoms with Gasteiger partial charge in [0.1, 0.15) is 24.1 Å². The number of rotatable bonds is 0. The van der Waals surface area contributed by atoms with Crippen molar-refractivity contribution in [3.05, 3.63) is 10.9 Å². The summed E-state index contributed by atoms with van der Waals surface area (Å²) in [5.74, 6) is 0.625. The summed E-state index contributed by atoms with van der Waals surface area (Å²) < 4.78 is 5.26. The van der Waals surface area contributed by atoms with Gasteiger partial charge in [0.15, 0.2) is 0 Å². The van der Waals surface area contributed by atoms with Crippen molar-refractivity contribution in [1.82, 2.24) is 10.6 Å². The van der Waals surface area contributed by atoms with Crippen LogP contribution in [-0.4, -0.2) is 25.7 Å². The zero-order valence-corrected chi connectivity index (χ0v) is 6.61. The van der Waals surface area contributed by atoms with Crippen LogP contribution in [-0.2, 0) is 4.74 Å². The molecule has 4 nitrogen and oxygen atoms in total. The summed E-state index contributed by atoms with van der Waals surface area (Å²) in [6.45, 7) is 1.94. The summed E-state index contributed by atoms with van der Waals surface area (Å²) in [5, 5.41) is 6.59. The van der Waals surface area contributed by atoms with E-state index in [1.54, 1.807) is 0 Å². The second-order valence-electron chi connectivity index (χ2n) is 2.26. The highest BCUT2D eigenvalue weighted by Crippen LogP contribution is 2.12. The van der Waals surface area contributed by atoms with Crippen LogP contribution in [0.4, 0.5) is 0 Å². The minimum absolute atomic E-state index is 0.499. The van der Waals surface area contributed by atoms with Crippen LogP contribution in [0.2, 0.25) is 0 Å². The molecule has 2 aliphatic heterocycles. The molecule has 0 atom stereocenters. The predicted octanol–water partition coefficient (Wildman–Crippen LogP) is -0.0267. The van der Waals surface area contributed by atoms with Gasteiger partial charge in [0.2, 0.25) is 5.90 Å². The molecule has 0 unspecified atom stereocenters. The molecule has 0 radical (unpaired) electrons. The quantitative estimate of drug-likeness (QED) is 0.506. The third-order valence-electron chi connectivity index (χ3n) is 1.53. The number of halogens is 1. The fourth-order valence-corrected chi connectivity index (χ4v) is 1.24. The van der Waals surface area contributed by atoms with E-state index < -0.39 is 0 Å². The molecule has 0 saturated carbocycles. The minimum Gasteiger partial charge on any atom is -0.474 e. The molecule has 2 heterocycles. The minimum atomic E-state index is 0.499. The molecule has 0 bridgehead atoms. The molecule has 5 heteroatoms. The van der Waals surface area contributed by atoms with Gasteiger partial charge in [0, 0.05) is 6.54 Å². The molecular weight excluding hydrogens is 166 g/mol. The van der Waals surface area contributed by atoms with Crippen LogP contribution in [0.1, 0.15) is 0 Å². The van der Waals surface area contributed by atoms with Crippen molar-refractivity contribution in [2.24, 2.45) is 4.99 Å². The van der Waals surface area contributed by atoms with E-state index in [1.165, 1.54) is 0 Å². The van der Waals surface area contributed by atoms with Gasteiger partial charge >= 0.3 is 0 Å². The zero-order valence-electron chi connectivity index (χ0n) is 5.85. The van der Waals surface area contributed by atoms with Crippen LogP contribution in [0, 0.1) is 0 Å². The smallest absolute Gasteiger partial charge is 0.237 e. The Kier molecular flexibility index (Phi) is 1.62. The van der Waals surface area contributed by atoms with E-state index in [4.69, 9.17) is 16.3 Å². The Morgan fingerprint density at radius 2 is 2.36 bits per heavy atom. The fraction of sp³-hybridized carbons (Fsp3) is 0.500. The molecule has 0 aromatic carbocycles. The maximum absolute atomic E-state index is 5.84. The van der Waals surface area contributed by atoms with Crippen LogP contribution < -0.4 is 10.6 Å². The van der Waals surface area contributed by atoms with Crippen LogP contribution in [0.5, 0.6) is 0 Å². The molecule has 60 valence electrons. The number of nitrogens with zero attached hydrogens (tertiary/aromatic N) is 1. The molecule has 0 aromatic rings. The van der Waals surface area contributed by atoms with Crippen molar-refractivity contribution in [2.75, 3.05) is 19.8 Å². The summed E-state index contributed by atoms with van der Waals surface area (Å²) in [6.07, 6.45) is 0. The van der Waals surface area contributed by atoms with Crippen molar-refractivity contribution in [3.63, 3.8) is 0 Å². The van der Waals surface area contributed by atoms with Gasteiger partial charge in [-0.15, -0.1) is 0 Å². The van der Waals surface area contributed by atoms with Crippen molar-refractivity contribution >= 4 is 17.5 Å². The van der Waals surface area contributed by atoms with Crippen LogP contribution in [0.3, 0.4) is 0 Å². The Balaban J connectivity index is 2.29. The molecule has 0 aromatic heterocycles. The van der Waals surface area contributed by atoms with Crippen molar-refractivity contribution < 1.29 is 4.74 Å². The van der Waals surface area contributed by atoms with Gasteiger partial charge in [-0.05, 0) is 0 Å². The van der Waals surface area contributed by atoms with E-state index in [0.29, 0.717) is 24.3 Å². The topological polar surface area (TPSA) is 45.6 Å². The highest BCUT2D eigenvalue weighted by atomic mass is 35.5. The number of morpholine rings is 1. The average molecular weight is 174 g/mol. The number of fused-ring (bicyclic) bond motifs is 1. The molecule has 11 heavy (non-hydrogen) atoms. The highest BCUT2D eigenvalue weighted by Gasteiger charge is 2.20. The van der Waals surface area contributed by atoms with Crippen LogP contribution >= 0.6 is 11.6 Å². The lowest BCUT2D eigenvalue weighted by molar-refractivity contribution is 0.281. The third kappa shape index (κ3) is 1.14. The van der Waals surface area contributed by atoms with Gasteiger partial charge in [-0.2, -0.15) is 0 Å². The number of hydrogen-bond donors (Lipinski definition) is 2. The number of ether oxygens (including phenoxy) is 1. The lowest BCUT2D eigenvalue weighted by Crippen LogP contribution is -2.38. The van der Waals surface area contributed by atoms with Crippen molar-refractivity contribution in [1.29, 1.82) is 0 Å². The van der Waals surface area contributed by atoms with Crippen molar-refractivity contribution in [3.8, 4) is 0 Å². The fourth-order valence-electron chi connectivity index (χ4n) is 1.04. The molecule has 0 spiro atoms. The first kappa shape index (κ1) is 6.79. The van der Waals surface area contributed by atoms with Gasteiger partial charge < -0.3 is 15.4 Å². The highest BCUT2D eigenvalue weighted by molar-refractivity contribution is 6.31. The maximum Gasteiger partial charge on any atom is 0.237 e. The molecule has 0 aliphatic carbocycles. The van der Waals surface area contributed by atoms with Crippen LogP contribution in [0.25, 0.3) is 0 Å². The zero-order chi connectivity index (χ0) is 7.68. The van der Waals surface area contributed by atoms with E-state index in [2.05, 4.69) is 15.6 Å². The standard InChI is InChI=1S/C6H8ClN3O/c7-5-4-6(10-3-9-5)11-2-1-8-4/h8-9H,1-3H2. The van der Waals surface area contributed by atoms with E-state index in [9.17, 15) is 0 Å². The first-order valence-electron chi connectivity index (χ1n) is 3.43.